The summed E-state index contributed by atoms with van der Waals surface area (Å²) in [7, 11) is 4.15. The summed E-state index contributed by atoms with van der Waals surface area (Å²) in [5.41, 5.74) is 2.55. The van der Waals surface area contributed by atoms with Gasteiger partial charge in [-0.25, -0.2) is 4.99 Å². The molecule has 7 heteroatoms. The van der Waals surface area contributed by atoms with Crippen molar-refractivity contribution in [1.82, 2.24) is 30.3 Å². The minimum absolute atomic E-state index is 0.136. The summed E-state index contributed by atoms with van der Waals surface area (Å²) in [6, 6.07) is 21.6. The van der Waals surface area contributed by atoms with Crippen LogP contribution in [0.4, 0.5) is 0 Å². The molecule has 176 valence electrons. The van der Waals surface area contributed by atoms with E-state index >= 15 is 0 Å². The van der Waals surface area contributed by atoms with Crippen LogP contribution in [0.2, 0.25) is 0 Å². The maximum absolute atomic E-state index is 4.80. The van der Waals surface area contributed by atoms with Crippen molar-refractivity contribution in [3.8, 4) is 0 Å². The van der Waals surface area contributed by atoms with E-state index in [1.54, 1.807) is 0 Å². The molecule has 0 saturated heterocycles. The fraction of sp³-hybridized carbons (Fsp3) is 0.423. The standard InChI is InChI=1S/C26H37N7/c1-20(32(4)19-23-12-8-6-9-13-23)16-17-27-26(28-18-25-31-30-22(3)33(25)5)29-21(2)24-14-10-7-11-15-24/h6-15,20-21H,16-19H2,1-5H3,(H2,27,28,29). The van der Waals surface area contributed by atoms with Crippen LogP contribution in [-0.4, -0.2) is 45.3 Å². The van der Waals surface area contributed by atoms with Gasteiger partial charge >= 0.3 is 0 Å². The zero-order valence-corrected chi connectivity index (χ0v) is 20.5. The number of hydrogen-bond donors (Lipinski definition) is 2. The molecule has 0 aliphatic rings. The van der Waals surface area contributed by atoms with Gasteiger partial charge in [-0.1, -0.05) is 60.7 Å². The summed E-state index contributed by atoms with van der Waals surface area (Å²) in [6.45, 7) is 8.60. The Bertz CT molecular complexity index is 998. The van der Waals surface area contributed by atoms with Gasteiger partial charge in [-0.05, 0) is 45.4 Å². The second-order valence-electron chi connectivity index (χ2n) is 8.63. The fourth-order valence-electron chi connectivity index (χ4n) is 3.57. The molecule has 3 aromatic rings. The topological polar surface area (TPSA) is 70.4 Å². The van der Waals surface area contributed by atoms with E-state index < -0.39 is 0 Å². The van der Waals surface area contributed by atoms with E-state index in [0.717, 1.165) is 37.1 Å². The largest absolute Gasteiger partial charge is 0.356 e. The van der Waals surface area contributed by atoms with Crippen molar-refractivity contribution in [3.63, 3.8) is 0 Å². The van der Waals surface area contributed by atoms with Crippen LogP contribution in [0.1, 0.15) is 49.1 Å². The van der Waals surface area contributed by atoms with Gasteiger partial charge in [0.1, 0.15) is 12.4 Å². The van der Waals surface area contributed by atoms with E-state index in [0.29, 0.717) is 12.6 Å². The van der Waals surface area contributed by atoms with Crippen molar-refractivity contribution in [2.24, 2.45) is 12.0 Å². The van der Waals surface area contributed by atoms with Gasteiger partial charge in [0, 0.05) is 26.2 Å². The first-order valence-corrected chi connectivity index (χ1v) is 11.6. The van der Waals surface area contributed by atoms with Crippen LogP contribution in [0, 0.1) is 6.92 Å². The van der Waals surface area contributed by atoms with Crippen molar-refractivity contribution in [1.29, 1.82) is 0 Å². The predicted molar refractivity (Wildman–Crippen MR) is 135 cm³/mol. The summed E-state index contributed by atoms with van der Waals surface area (Å²) < 4.78 is 1.97. The van der Waals surface area contributed by atoms with Gasteiger partial charge in [-0.3, -0.25) is 4.90 Å². The van der Waals surface area contributed by atoms with Crippen LogP contribution in [-0.2, 0) is 20.1 Å². The maximum atomic E-state index is 4.80. The molecule has 7 nitrogen and oxygen atoms in total. The Morgan fingerprint density at radius 2 is 1.70 bits per heavy atom. The second-order valence-corrected chi connectivity index (χ2v) is 8.63. The highest BCUT2D eigenvalue weighted by Crippen LogP contribution is 2.11. The smallest absolute Gasteiger partial charge is 0.192 e. The molecule has 2 N–H and O–H groups in total. The Hall–Kier alpha value is -3.19. The Kier molecular flexibility index (Phi) is 9.01. The van der Waals surface area contributed by atoms with Gasteiger partial charge in [0.25, 0.3) is 0 Å². The monoisotopic (exact) mass is 447 g/mol. The maximum Gasteiger partial charge on any atom is 0.192 e. The van der Waals surface area contributed by atoms with E-state index in [-0.39, 0.29) is 6.04 Å². The highest BCUT2D eigenvalue weighted by atomic mass is 15.3. The average molecular weight is 448 g/mol. The van der Waals surface area contributed by atoms with E-state index in [1.165, 1.54) is 11.1 Å². The van der Waals surface area contributed by atoms with Gasteiger partial charge in [-0.2, -0.15) is 0 Å². The van der Waals surface area contributed by atoms with Gasteiger partial charge in [0.15, 0.2) is 11.8 Å². The Balaban J connectivity index is 1.59. The Morgan fingerprint density at radius 1 is 1.03 bits per heavy atom. The number of aromatic nitrogens is 3. The molecule has 0 fully saturated rings. The zero-order chi connectivity index (χ0) is 23.6. The lowest BCUT2D eigenvalue weighted by atomic mass is 10.1. The lowest BCUT2D eigenvalue weighted by molar-refractivity contribution is 0.238. The van der Waals surface area contributed by atoms with E-state index in [1.807, 2.05) is 24.6 Å². The molecule has 0 spiro atoms. The highest BCUT2D eigenvalue weighted by molar-refractivity contribution is 5.80. The summed E-state index contributed by atoms with van der Waals surface area (Å²) in [4.78, 5) is 7.19. The molecule has 2 aromatic carbocycles. The van der Waals surface area contributed by atoms with Crippen LogP contribution in [0.15, 0.2) is 65.7 Å². The number of hydrogen-bond acceptors (Lipinski definition) is 4. The van der Waals surface area contributed by atoms with Gasteiger partial charge in [0.2, 0.25) is 0 Å². The van der Waals surface area contributed by atoms with Crippen molar-refractivity contribution in [2.45, 2.75) is 52.4 Å². The third kappa shape index (κ3) is 7.43. The molecular weight excluding hydrogens is 410 g/mol. The number of aryl methyl sites for hydroxylation is 1. The molecular formula is C26H37N7. The molecule has 2 unspecified atom stereocenters. The van der Waals surface area contributed by atoms with Gasteiger partial charge < -0.3 is 15.2 Å². The summed E-state index contributed by atoms with van der Waals surface area (Å²) in [6.07, 6.45) is 1.01. The number of aliphatic imine (C=N–C) groups is 1. The Labute approximate surface area is 198 Å². The van der Waals surface area contributed by atoms with Gasteiger partial charge in [0.05, 0.1) is 6.04 Å². The third-order valence-corrected chi connectivity index (χ3v) is 6.10. The second kappa shape index (κ2) is 12.2. The summed E-state index contributed by atoms with van der Waals surface area (Å²) in [5.74, 6) is 2.51. The molecule has 0 amide bonds. The fourth-order valence-corrected chi connectivity index (χ4v) is 3.57. The number of benzene rings is 2. The molecule has 0 saturated carbocycles. The lowest BCUT2D eigenvalue weighted by Gasteiger charge is -2.25. The minimum atomic E-state index is 0.136. The highest BCUT2D eigenvalue weighted by Gasteiger charge is 2.12. The van der Waals surface area contributed by atoms with E-state index in [9.17, 15) is 0 Å². The van der Waals surface area contributed by atoms with Crippen LogP contribution in [0.25, 0.3) is 0 Å². The van der Waals surface area contributed by atoms with Crippen LogP contribution in [0.3, 0.4) is 0 Å². The number of rotatable bonds is 10. The zero-order valence-electron chi connectivity index (χ0n) is 20.5. The average Bonchev–Trinajstić information content (AvgIpc) is 3.15. The first kappa shape index (κ1) is 24.5. The van der Waals surface area contributed by atoms with Crippen molar-refractivity contribution < 1.29 is 0 Å². The van der Waals surface area contributed by atoms with Crippen LogP contribution >= 0.6 is 0 Å². The molecule has 2 atom stereocenters. The van der Waals surface area contributed by atoms with Crippen LogP contribution < -0.4 is 10.6 Å². The van der Waals surface area contributed by atoms with Crippen LogP contribution in [0.5, 0.6) is 0 Å². The SMILES string of the molecule is Cc1nnc(CN=C(NCCC(C)N(C)Cc2ccccc2)NC(C)c2ccccc2)n1C. The molecule has 0 aliphatic heterocycles. The minimum Gasteiger partial charge on any atom is -0.356 e. The quantitative estimate of drug-likeness (QED) is 0.365. The van der Waals surface area contributed by atoms with Crippen molar-refractivity contribution in [2.75, 3.05) is 13.6 Å². The van der Waals surface area contributed by atoms with E-state index in [4.69, 9.17) is 4.99 Å². The molecule has 0 radical (unpaired) electrons. The molecule has 33 heavy (non-hydrogen) atoms. The molecule has 1 aromatic heterocycles. The molecule has 0 bridgehead atoms. The first-order chi connectivity index (χ1) is 15.9. The molecule has 0 aliphatic carbocycles. The van der Waals surface area contributed by atoms with Gasteiger partial charge in [-0.15, -0.1) is 10.2 Å². The normalized spacial score (nSPS) is 13.7. The number of nitrogens with zero attached hydrogens (tertiary/aromatic N) is 5. The lowest BCUT2D eigenvalue weighted by Crippen LogP contribution is -2.41. The number of nitrogens with one attached hydrogen (secondary N) is 2. The number of guanidine groups is 1. The first-order valence-electron chi connectivity index (χ1n) is 11.6. The summed E-state index contributed by atoms with van der Waals surface area (Å²) in [5, 5.41) is 15.4. The van der Waals surface area contributed by atoms with Crippen molar-refractivity contribution >= 4 is 5.96 Å². The predicted octanol–water partition coefficient (Wildman–Crippen LogP) is 3.83. The molecule has 3 rings (SSSR count). The van der Waals surface area contributed by atoms with E-state index in [2.05, 4.69) is 101 Å². The molecule has 1 heterocycles. The Morgan fingerprint density at radius 3 is 2.33 bits per heavy atom. The third-order valence-electron chi connectivity index (χ3n) is 6.10. The van der Waals surface area contributed by atoms with Crippen molar-refractivity contribution in [3.05, 3.63) is 83.4 Å². The summed E-state index contributed by atoms with van der Waals surface area (Å²) >= 11 is 0.